The number of rotatable bonds is 5. The van der Waals surface area contributed by atoms with Crippen LogP contribution in [0.4, 0.5) is 0 Å². The molecule has 0 amide bonds. The van der Waals surface area contributed by atoms with Crippen molar-refractivity contribution in [1.29, 1.82) is 0 Å². The van der Waals surface area contributed by atoms with Crippen LogP contribution >= 0.6 is 15.9 Å². The number of nitrogens with one attached hydrogen (secondary N) is 1. The van der Waals surface area contributed by atoms with Gasteiger partial charge in [0.2, 0.25) is 10.0 Å². The zero-order chi connectivity index (χ0) is 17.9. The van der Waals surface area contributed by atoms with E-state index < -0.39 is 10.0 Å². The van der Waals surface area contributed by atoms with E-state index in [1.54, 1.807) is 35.7 Å². The first-order chi connectivity index (χ1) is 12.0. The number of benzene rings is 2. The highest BCUT2D eigenvalue weighted by Crippen LogP contribution is 2.19. The van der Waals surface area contributed by atoms with E-state index in [9.17, 15) is 8.42 Å². The number of hydrogen-bond acceptors (Lipinski definition) is 3. The van der Waals surface area contributed by atoms with E-state index in [-0.39, 0.29) is 0 Å². The van der Waals surface area contributed by atoms with E-state index in [1.807, 2.05) is 12.1 Å². The zero-order valence-electron chi connectivity index (χ0n) is 14.1. The van der Waals surface area contributed by atoms with Gasteiger partial charge in [-0.25, -0.2) is 8.42 Å². The molecular weight excluding hydrogens is 404 g/mol. The largest absolute Gasteiger partial charge is 0.497 e. The standard InChI is InChI=1S/C18H21BrN2O3S/c1-24-17-5-7-18(8-6-17)25(22,23)21-11-9-20(10-12-21)14-15-3-2-4-16(19)13-15/h2-8,13H,9-12,14H2,1H3/p+1. The SMILES string of the molecule is COc1ccc(S(=O)(=O)N2CC[NH+](Cc3cccc(Br)c3)CC2)cc1. The molecule has 3 rings (SSSR count). The van der Waals surface area contributed by atoms with Crippen LogP contribution in [0.25, 0.3) is 0 Å². The van der Waals surface area contributed by atoms with Crippen molar-refractivity contribution in [2.45, 2.75) is 11.4 Å². The Kier molecular flexibility index (Phi) is 5.78. The molecule has 1 aliphatic rings. The van der Waals surface area contributed by atoms with Crippen molar-refractivity contribution in [2.24, 2.45) is 0 Å². The number of sulfonamides is 1. The lowest BCUT2D eigenvalue weighted by atomic mass is 10.2. The summed E-state index contributed by atoms with van der Waals surface area (Å²) in [6, 6.07) is 14.8. The quantitative estimate of drug-likeness (QED) is 0.790. The van der Waals surface area contributed by atoms with E-state index in [1.165, 1.54) is 10.5 Å². The molecule has 0 unspecified atom stereocenters. The van der Waals surface area contributed by atoms with Gasteiger partial charge in [0, 0.05) is 10.0 Å². The van der Waals surface area contributed by atoms with Crippen LogP contribution in [0.2, 0.25) is 0 Å². The number of methoxy groups -OCH3 is 1. The first-order valence-corrected chi connectivity index (χ1v) is 10.4. The summed E-state index contributed by atoms with van der Waals surface area (Å²) in [5, 5.41) is 0. The maximum absolute atomic E-state index is 12.8. The highest BCUT2D eigenvalue weighted by atomic mass is 79.9. The molecule has 2 aromatic rings. The molecule has 0 atom stereocenters. The summed E-state index contributed by atoms with van der Waals surface area (Å²) in [5.74, 6) is 0.655. The fraction of sp³-hybridized carbons (Fsp3) is 0.333. The van der Waals surface area contributed by atoms with Gasteiger partial charge >= 0.3 is 0 Å². The molecule has 1 aliphatic heterocycles. The molecule has 1 N–H and O–H groups in total. The van der Waals surface area contributed by atoms with Gasteiger partial charge in [-0.15, -0.1) is 0 Å². The molecule has 7 heteroatoms. The van der Waals surface area contributed by atoms with Crippen molar-refractivity contribution >= 4 is 26.0 Å². The molecule has 0 radical (unpaired) electrons. The van der Waals surface area contributed by atoms with Crippen molar-refractivity contribution in [3.63, 3.8) is 0 Å². The summed E-state index contributed by atoms with van der Waals surface area (Å²) in [4.78, 5) is 1.73. The third-order valence-electron chi connectivity index (χ3n) is 4.47. The molecular formula is C18H22BrN2O3S+. The molecule has 0 aromatic heterocycles. The third kappa shape index (κ3) is 4.41. The fourth-order valence-corrected chi connectivity index (χ4v) is 4.94. The second kappa shape index (κ2) is 7.86. The average molecular weight is 426 g/mol. The second-order valence-electron chi connectivity index (χ2n) is 6.14. The van der Waals surface area contributed by atoms with E-state index in [0.717, 1.165) is 24.1 Å². The molecule has 1 fully saturated rings. The molecule has 0 aliphatic carbocycles. The highest BCUT2D eigenvalue weighted by Gasteiger charge is 2.30. The molecule has 0 bridgehead atoms. The van der Waals surface area contributed by atoms with Crippen molar-refractivity contribution < 1.29 is 18.1 Å². The lowest BCUT2D eigenvalue weighted by molar-refractivity contribution is -0.917. The summed E-state index contributed by atoms with van der Waals surface area (Å²) >= 11 is 3.49. The molecule has 0 spiro atoms. The minimum absolute atomic E-state index is 0.323. The number of quaternary nitrogens is 1. The third-order valence-corrected chi connectivity index (χ3v) is 6.88. The molecule has 2 aromatic carbocycles. The van der Waals surface area contributed by atoms with Crippen LogP contribution in [0, 0.1) is 0 Å². The summed E-state index contributed by atoms with van der Waals surface area (Å²) in [5.41, 5.74) is 1.26. The lowest BCUT2D eigenvalue weighted by Crippen LogP contribution is -3.13. The minimum Gasteiger partial charge on any atom is -0.497 e. The highest BCUT2D eigenvalue weighted by molar-refractivity contribution is 9.10. The zero-order valence-corrected chi connectivity index (χ0v) is 16.5. The van der Waals surface area contributed by atoms with Crippen LogP contribution in [-0.2, 0) is 16.6 Å². The molecule has 1 heterocycles. The van der Waals surface area contributed by atoms with E-state index in [0.29, 0.717) is 23.7 Å². The molecule has 0 saturated carbocycles. The van der Waals surface area contributed by atoms with Gasteiger partial charge in [-0.1, -0.05) is 28.1 Å². The van der Waals surface area contributed by atoms with Gasteiger partial charge in [-0.05, 0) is 36.4 Å². The molecule has 25 heavy (non-hydrogen) atoms. The Morgan fingerprint density at radius 2 is 1.80 bits per heavy atom. The lowest BCUT2D eigenvalue weighted by Gasteiger charge is -2.31. The number of piperazine rings is 1. The van der Waals surface area contributed by atoms with Crippen LogP contribution in [0.5, 0.6) is 5.75 Å². The van der Waals surface area contributed by atoms with Gasteiger partial charge in [0.15, 0.2) is 0 Å². The minimum atomic E-state index is -3.43. The number of ether oxygens (including phenoxy) is 1. The Morgan fingerprint density at radius 1 is 1.12 bits per heavy atom. The Bertz CT molecular complexity index is 816. The van der Waals surface area contributed by atoms with Crippen LogP contribution < -0.4 is 9.64 Å². The summed E-state index contributed by atoms with van der Waals surface area (Å²) < 4.78 is 33.3. The number of nitrogens with zero attached hydrogens (tertiary/aromatic N) is 1. The normalized spacial score (nSPS) is 16.7. The van der Waals surface area contributed by atoms with Crippen LogP contribution in [0.15, 0.2) is 57.9 Å². The van der Waals surface area contributed by atoms with Gasteiger partial charge in [-0.3, -0.25) is 0 Å². The Morgan fingerprint density at radius 3 is 2.40 bits per heavy atom. The fourth-order valence-electron chi connectivity index (χ4n) is 3.05. The molecule has 1 saturated heterocycles. The predicted molar refractivity (Wildman–Crippen MR) is 100 cm³/mol. The monoisotopic (exact) mass is 425 g/mol. The second-order valence-corrected chi connectivity index (χ2v) is 8.99. The maximum atomic E-state index is 12.8. The van der Waals surface area contributed by atoms with Gasteiger partial charge < -0.3 is 9.64 Å². The van der Waals surface area contributed by atoms with Gasteiger partial charge in [0.1, 0.15) is 12.3 Å². The molecule has 134 valence electrons. The van der Waals surface area contributed by atoms with Crippen LogP contribution in [-0.4, -0.2) is 46.0 Å². The smallest absolute Gasteiger partial charge is 0.243 e. The first-order valence-electron chi connectivity index (χ1n) is 8.21. The van der Waals surface area contributed by atoms with Gasteiger partial charge in [-0.2, -0.15) is 4.31 Å². The van der Waals surface area contributed by atoms with Crippen molar-refractivity contribution in [3.05, 3.63) is 58.6 Å². The topological polar surface area (TPSA) is 51.1 Å². The Hall–Kier alpha value is -1.41. The Labute approximate surface area is 157 Å². The van der Waals surface area contributed by atoms with Gasteiger partial charge in [0.05, 0.1) is 38.2 Å². The van der Waals surface area contributed by atoms with Crippen LogP contribution in [0.1, 0.15) is 5.56 Å². The molecule has 5 nitrogen and oxygen atoms in total. The number of halogens is 1. The van der Waals surface area contributed by atoms with Crippen molar-refractivity contribution in [3.8, 4) is 5.75 Å². The summed E-state index contributed by atoms with van der Waals surface area (Å²) in [7, 11) is -1.87. The predicted octanol–water partition coefficient (Wildman–Crippen LogP) is 1.55. The maximum Gasteiger partial charge on any atom is 0.243 e. The first kappa shape index (κ1) is 18.4. The summed E-state index contributed by atoms with van der Waals surface area (Å²) in [6.07, 6.45) is 0. The van der Waals surface area contributed by atoms with Crippen molar-refractivity contribution in [2.75, 3.05) is 33.3 Å². The summed E-state index contributed by atoms with van der Waals surface area (Å²) in [6.45, 7) is 3.61. The van der Waals surface area contributed by atoms with Gasteiger partial charge in [0.25, 0.3) is 0 Å². The van der Waals surface area contributed by atoms with E-state index in [4.69, 9.17) is 4.74 Å². The Balaban J connectivity index is 1.62. The van der Waals surface area contributed by atoms with E-state index >= 15 is 0 Å². The average Bonchev–Trinajstić information content (AvgIpc) is 2.62. The number of hydrogen-bond donors (Lipinski definition) is 1. The van der Waals surface area contributed by atoms with Crippen molar-refractivity contribution in [1.82, 2.24) is 4.31 Å². The van der Waals surface area contributed by atoms with E-state index in [2.05, 4.69) is 28.1 Å². The van der Waals surface area contributed by atoms with Crippen LogP contribution in [0.3, 0.4) is 0 Å².